The Morgan fingerprint density at radius 3 is 2.75 bits per heavy atom. The van der Waals surface area contributed by atoms with Gasteiger partial charge in [0, 0.05) is 59.3 Å². The van der Waals surface area contributed by atoms with Gasteiger partial charge in [-0.05, 0) is 95.1 Å². The molecule has 5 aliphatic heterocycles. The fourth-order valence-electron chi connectivity index (χ4n) is 9.65. The second-order valence-corrected chi connectivity index (χ2v) is 16.2. The van der Waals surface area contributed by atoms with Crippen LogP contribution in [0.2, 0.25) is 0 Å². The number of allylic oxidation sites excluding steroid dienone is 1. The Balaban J connectivity index is 0.882. The number of ether oxygens (including phenoxy) is 3. The van der Waals surface area contributed by atoms with Crippen molar-refractivity contribution in [2.45, 2.75) is 102 Å². The van der Waals surface area contributed by atoms with Crippen LogP contribution in [0.25, 0.3) is 22.2 Å². The maximum atomic E-state index is 14.1. The third kappa shape index (κ3) is 5.34. The number of carbonyl (C=O) groups excluding carboxylic acids is 1. The SMILES string of the molecule is Cc1cc(=O)c2c(O)c3c(cc2o1)OC(C)(C)[C@@H]1OC(=O)[C@@]2(CCC[C@@H]31)O[C@@H]2CCc1cc(N)nc2c1CCc1c-2cc(CN2C=C3N=CC=C3C2)nc1N. The molecule has 10 rings (SSSR count). The van der Waals surface area contributed by atoms with Gasteiger partial charge in [-0.2, -0.15) is 0 Å². The van der Waals surface area contributed by atoms with Crippen LogP contribution < -0.4 is 21.6 Å². The van der Waals surface area contributed by atoms with E-state index in [-0.39, 0.29) is 34.2 Å². The quantitative estimate of drug-likeness (QED) is 0.177. The number of benzene rings is 1. The van der Waals surface area contributed by atoms with Gasteiger partial charge >= 0.3 is 5.97 Å². The summed E-state index contributed by atoms with van der Waals surface area (Å²) in [6.07, 6.45) is 9.33. The number of fused-ring (bicyclic) bond motifs is 8. The highest BCUT2D eigenvalue weighted by atomic mass is 16.7. The van der Waals surface area contributed by atoms with E-state index in [1.54, 1.807) is 13.0 Å². The normalized spacial score (nSPS) is 25.5. The van der Waals surface area contributed by atoms with Crippen molar-refractivity contribution in [1.29, 1.82) is 0 Å². The number of phenols is 1. The zero-order valence-corrected chi connectivity index (χ0v) is 31.0. The molecule has 0 unspecified atom stereocenters. The molecule has 0 saturated carbocycles. The Labute approximate surface area is 316 Å². The Bertz CT molecular complexity index is 2520. The van der Waals surface area contributed by atoms with E-state index in [1.807, 2.05) is 32.2 Å². The number of nitrogens with two attached hydrogens (primary N) is 2. The lowest BCUT2D eigenvalue weighted by Crippen LogP contribution is -2.53. The Morgan fingerprint density at radius 2 is 1.91 bits per heavy atom. The number of carbonyl (C=O) groups is 1. The van der Waals surface area contributed by atoms with Crippen LogP contribution in [0, 0.1) is 6.92 Å². The lowest BCUT2D eigenvalue weighted by Gasteiger charge is -2.45. The molecule has 5 N–H and O–H groups in total. The summed E-state index contributed by atoms with van der Waals surface area (Å²) in [4.78, 5) is 43.2. The van der Waals surface area contributed by atoms with Gasteiger partial charge in [0.25, 0.3) is 0 Å². The highest BCUT2D eigenvalue weighted by molar-refractivity contribution is 5.88. The van der Waals surface area contributed by atoms with E-state index in [0.29, 0.717) is 67.4 Å². The number of epoxide rings is 1. The summed E-state index contributed by atoms with van der Waals surface area (Å²) in [6, 6.07) is 7.05. The van der Waals surface area contributed by atoms with Crippen LogP contribution in [0.3, 0.4) is 0 Å². The monoisotopic (exact) mass is 742 g/mol. The number of pyridine rings is 2. The van der Waals surface area contributed by atoms with E-state index in [9.17, 15) is 14.7 Å². The first kappa shape index (κ1) is 33.8. The molecule has 55 heavy (non-hydrogen) atoms. The van der Waals surface area contributed by atoms with Gasteiger partial charge in [-0.3, -0.25) is 9.79 Å². The third-order valence-corrected chi connectivity index (χ3v) is 12.2. The molecule has 1 aliphatic carbocycles. The molecule has 13 heteroatoms. The van der Waals surface area contributed by atoms with Crippen LogP contribution >= 0.6 is 0 Å². The minimum Gasteiger partial charge on any atom is -0.507 e. The van der Waals surface area contributed by atoms with Crippen LogP contribution in [0.1, 0.15) is 79.2 Å². The van der Waals surface area contributed by atoms with Gasteiger partial charge in [0.1, 0.15) is 51.6 Å². The highest BCUT2D eigenvalue weighted by Crippen LogP contribution is 2.54. The van der Waals surface area contributed by atoms with Crippen molar-refractivity contribution in [3.8, 4) is 22.8 Å². The summed E-state index contributed by atoms with van der Waals surface area (Å²) in [6.45, 7) is 6.81. The van der Waals surface area contributed by atoms with E-state index in [1.165, 1.54) is 11.6 Å². The van der Waals surface area contributed by atoms with Crippen molar-refractivity contribution in [1.82, 2.24) is 14.9 Å². The first-order valence-corrected chi connectivity index (χ1v) is 19.0. The minimum absolute atomic E-state index is 0.0976. The number of aliphatic imine (C=N–C) groups is 1. The number of aromatic nitrogens is 2. The van der Waals surface area contributed by atoms with E-state index >= 15 is 0 Å². The highest BCUT2D eigenvalue weighted by Gasteiger charge is 2.65. The minimum atomic E-state index is -1.06. The number of hydrogen-bond donors (Lipinski definition) is 3. The maximum Gasteiger partial charge on any atom is 0.341 e. The molecule has 0 radical (unpaired) electrons. The number of rotatable bonds is 5. The molecule has 4 aromatic rings. The molecule has 2 saturated heterocycles. The lowest BCUT2D eigenvalue weighted by molar-refractivity contribution is -0.173. The predicted molar refractivity (Wildman–Crippen MR) is 205 cm³/mol. The summed E-state index contributed by atoms with van der Waals surface area (Å²) in [7, 11) is 0. The molecule has 2 fully saturated rings. The lowest BCUT2D eigenvalue weighted by atomic mass is 9.76. The number of aromatic hydroxyl groups is 1. The number of nitrogen functional groups attached to an aromatic ring is 2. The zero-order chi connectivity index (χ0) is 38.0. The Hall–Kier alpha value is -5.69. The average Bonchev–Trinajstić information content (AvgIpc) is 3.44. The van der Waals surface area contributed by atoms with E-state index in [2.05, 4.69) is 22.2 Å². The number of phenolic OH excluding ortho intramolecular Hbond substituents is 1. The topological polar surface area (TPSA) is 192 Å². The van der Waals surface area contributed by atoms with Gasteiger partial charge in [0.2, 0.25) is 0 Å². The van der Waals surface area contributed by atoms with Gasteiger partial charge < -0.3 is 40.1 Å². The predicted octanol–water partition coefficient (Wildman–Crippen LogP) is 5.32. The number of aryl methyl sites for hydroxylation is 2. The molecule has 1 spiro atoms. The number of anilines is 2. The van der Waals surface area contributed by atoms with Gasteiger partial charge in [-0.25, -0.2) is 14.8 Å². The summed E-state index contributed by atoms with van der Waals surface area (Å²) in [5.41, 5.74) is 19.4. The summed E-state index contributed by atoms with van der Waals surface area (Å²) >= 11 is 0. The smallest absolute Gasteiger partial charge is 0.341 e. The van der Waals surface area contributed by atoms with Gasteiger partial charge in [0.05, 0.1) is 29.7 Å². The largest absolute Gasteiger partial charge is 0.507 e. The standard InChI is InChI=1S/C42H42N6O7/c1-20-13-29(49)35-30(52-20)16-31-34(37(35)50)26-5-4-11-42(40(51)53-38(26)41(2,3)54-31)32(55-42)9-6-21-14-33(43)47-36-24(21)7-8-25-27(36)15-23(46-39(25)44)18-48-17-22-10-12-45-28(22)19-48/h10,12-16,19,26,32,38,50H,4-9,11,17-18H2,1-3H3,(H2,43,47)(H2,44,46)/t26-,32+,38+,42-/m0/s1. The Kier molecular flexibility index (Phi) is 7.33. The molecule has 13 nitrogen and oxygen atoms in total. The van der Waals surface area contributed by atoms with Crippen molar-refractivity contribution >= 4 is 34.8 Å². The molecule has 0 bridgehead atoms. The molecular formula is C42H42N6O7. The molecular weight excluding hydrogens is 700 g/mol. The van der Waals surface area contributed by atoms with E-state index in [4.69, 9.17) is 40.1 Å². The van der Waals surface area contributed by atoms with Crippen molar-refractivity contribution in [2.24, 2.45) is 4.99 Å². The molecule has 4 atom stereocenters. The fourth-order valence-corrected chi connectivity index (χ4v) is 9.65. The molecule has 1 aromatic carbocycles. The van der Waals surface area contributed by atoms with Crippen LogP contribution in [0.15, 0.2) is 62.0 Å². The second kappa shape index (κ2) is 11.9. The molecule has 0 amide bonds. The van der Waals surface area contributed by atoms with Crippen LogP contribution in [0.4, 0.5) is 11.6 Å². The van der Waals surface area contributed by atoms with Crippen molar-refractivity contribution in [3.05, 3.63) is 91.7 Å². The molecule has 8 heterocycles. The van der Waals surface area contributed by atoms with Crippen molar-refractivity contribution < 1.29 is 28.5 Å². The molecule has 6 aliphatic rings. The second-order valence-electron chi connectivity index (χ2n) is 16.2. The molecule has 282 valence electrons. The summed E-state index contributed by atoms with van der Waals surface area (Å²) in [5, 5.41) is 11.6. The number of esters is 1. The fraction of sp³-hybridized carbons (Fsp3) is 0.405. The first-order valence-electron chi connectivity index (χ1n) is 19.0. The number of nitrogens with zero attached hydrogens (tertiary/aromatic N) is 4. The van der Waals surface area contributed by atoms with Crippen LogP contribution in [0.5, 0.6) is 11.5 Å². The zero-order valence-electron chi connectivity index (χ0n) is 31.0. The molecule has 3 aromatic heterocycles. The van der Waals surface area contributed by atoms with Gasteiger partial charge in [0.15, 0.2) is 11.0 Å². The Morgan fingerprint density at radius 1 is 1.07 bits per heavy atom. The first-order chi connectivity index (χ1) is 26.4. The average molecular weight is 743 g/mol. The van der Waals surface area contributed by atoms with E-state index in [0.717, 1.165) is 58.7 Å². The number of hydrogen-bond acceptors (Lipinski definition) is 13. The summed E-state index contributed by atoms with van der Waals surface area (Å²) < 4.78 is 24.8. The summed E-state index contributed by atoms with van der Waals surface area (Å²) in [5.74, 6) is 0.803. The van der Waals surface area contributed by atoms with Crippen LogP contribution in [-0.4, -0.2) is 62.1 Å². The van der Waals surface area contributed by atoms with Gasteiger partial charge in [-0.15, -0.1) is 0 Å². The van der Waals surface area contributed by atoms with Gasteiger partial charge in [-0.1, -0.05) is 0 Å². The maximum absolute atomic E-state index is 14.1. The van der Waals surface area contributed by atoms with E-state index < -0.39 is 23.3 Å². The van der Waals surface area contributed by atoms with Crippen molar-refractivity contribution in [2.75, 3.05) is 18.0 Å². The van der Waals surface area contributed by atoms with Crippen molar-refractivity contribution in [3.63, 3.8) is 0 Å². The van der Waals surface area contributed by atoms with Crippen LogP contribution in [-0.2, 0) is 40.1 Å². The third-order valence-electron chi connectivity index (χ3n) is 12.2.